The van der Waals surface area contributed by atoms with Gasteiger partial charge in [0, 0.05) is 36.2 Å². The minimum Gasteiger partial charge on any atom is -0.494 e. The van der Waals surface area contributed by atoms with E-state index in [1.54, 1.807) is 0 Å². The Bertz CT molecular complexity index is 979. The lowest BCUT2D eigenvalue weighted by atomic mass is 9.99. The van der Waals surface area contributed by atoms with Crippen molar-refractivity contribution in [3.8, 4) is 10.8 Å². The quantitative estimate of drug-likeness (QED) is 0.342. The van der Waals surface area contributed by atoms with Crippen LogP contribution in [0.5, 0.6) is 10.8 Å². The Morgan fingerprint density at radius 1 is 1.22 bits per heavy atom. The van der Waals surface area contributed by atoms with E-state index in [1.807, 2.05) is 51.1 Å². The average Bonchev–Trinajstić information content (AvgIpc) is 3.17. The molecule has 2 heterocycles. The van der Waals surface area contributed by atoms with Gasteiger partial charge in [-0.25, -0.2) is 5.43 Å². The molecule has 2 aromatic rings. The first kappa shape index (κ1) is 23.9. The molecule has 1 aliphatic heterocycles. The fourth-order valence-electron chi connectivity index (χ4n) is 3.84. The van der Waals surface area contributed by atoms with Crippen LogP contribution in [0.15, 0.2) is 35.4 Å². The van der Waals surface area contributed by atoms with Crippen LogP contribution in [0, 0.1) is 0 Å². The van der Waals surface area contributed by atoms with Gasteiger partial charge in [0.15, 0.2) is 5.06 Å². The average molecular weight is 458 g/mol. The highest BCUT2D eigenvalue weighted by Crippen LogP contribution is 2.38. The van der Waals surface area contributed by atoms with E-state index in [0.29, 0.717) is 30.5 Å². The number of rotatable bonds is 9. The first-order valence-electron chi connectivity index (χ1n) is 11.1. The highest BCUT2D eigenvalue weighted by Gasteiger charge is 2.33. The van der Waals surface area contributed by atoms with Crippen molar-refractivity contribution in [2.24, 2.45) is 5.10 Å². The summed E-state index contributed by atoms with van der Waals surface area (Å²) in [6.45, 7) is 9.17. The van der Waals surface area contributed by atoms with Gasteiger partial charge in [0.05, 0.1) is 6.61 Å². The number of para-hydroxylation sites is 1. The van der Waals surface area contributed by atoms with Gasteiger partial charge in [0.2, 0.25) is 0 Å². The number of benzene rings is 1. The standard InChI is InChI=1S/C24H31N3O4S/c1-5-18(6-2)25-26-24(29)23(19-10-8-9-11-20(19)30-7-3)27-13-12-21-17(15-27)14-22(32-21)31-16(4)28/h8-11,14,23H,5-7,12-13,15H2,1-4H3,(H,26,29). The van der Waals surface area contributed by atoms with E-state index in [2.05, 4.69) is 15.4 Å². The zero-order chi connectivity index (χ0) is 23.1. The number of carbonyl (C=O) groups excluding carboxylic acids is 2. The van der Waals surface area contributed by atoms with Crippen molar-refractivity contribution in [2.75, 3.05) is 13.2 Å². The number of hydrazone groups is 1. The smallest absolute Gasteiger partial charge is 0.308 e. The lowest BCUT2D eigenvalue weighted by Crippen LogP contribution is -2.41. The van der Waals surface area contributed by atoms with Gasteiger partial charge in [0.25, 0.3) is 5.91 Å². The Hall–Kier alpha value is -2.71. The molecule has 0 saturated heterocycles. The first-order valence-corrected chi connectivity index (χ1v) is 11.9. The minimum atomic E-state index is -0.554. The SMILES string of the molecule is CCOc1ccccc1C(C(=O)NN=C(CC)CC)N1CCc2sc(OC(C)=O)cc2C1. The molecule has 1 unspecified atom stereocenters. The second-order valence-electron chi connectivity index (χ2n) is 7.56. The van der Waals surface area contributed by atoms with Gasteiger partial charge >= 0.3 is 5.97 Å². The summed E-state index contributed by atoms with van der Waals surface area (Å²) in [5.74, 6) is 0.182. The van der Waals surface area contributed by atoms with Crippen LogP contribution in [0.4, 0.5) is 0 Å². The van der Waals surface area contributed by atoms with Gasteiger partial charge in [-0.3, -0.25) is 14.5 Å². The Labute approximate surface area is 193 Å². The van der Waals surface area contributed by atoms with Crippen LogP contribution in [0.25, 0.3) is 0 Å². The van der Waals surface area contributed by atoms with Crippen LogP contribution < -0.4 is 14.9 Å². The van der Waals surface area contributed by atoms with E-state index in [4.69, 9.17) is 9.47 Å². The molecule has 0 aliphatic carbocycles. The molecular formula is C24H31N3O4S. The molecule has 0 saturated carbocycles. The Morgan fingerprint density at radius 3 is 2.66 bits per heavy atom. The van der Waals surface area contributed by atoms with Crippen molar-refractivity contribution in [2.45, 2.75) is 59.5 Å². The van der Waals surface area contributed by atoms with Gasteiger partial charge in [0.1, 0.15) is 11.8 Å². The Morgan fingerprint density at radius 2 is 1.97 bits per heavy atom. The molecule has 32 heavy (non-hydrogen) atoms. The summed E-state index contributed by atoms with van der Waals surface area (Å²) < 4.78 is 11.1. The highest BCUT2D eigenvalue weighted by molar-refractivity contribution is 7.14. The van der Waals surface area contributed by atoms with Gasteiger partial charge in [-0.15, -0.1) is 11.3 Å². The number of thiophene rings is 1. The van der Waals surface area contributed by atoms with Crippen LogP contribution in [0.3, 0.4) is 0 Å². The summed E-state index contributed by atoms with van der Waals surface area (Å²) >= 11 is 1.50. The van der Waals surface area contributed by atoms with E-state index >= 15 is 0 Å². The molecule has 0 spiro atoms. The number of nitrogens with zero attached hydrogens (tertiary/aromatic N) is 2. The largest absolute Gasteiger partial charge is 0.494 e. The predicted octanol–water partition coefficient (Wildman–Crippen LogP) is 4.46. The molecule has 1 amide bonds. The summed E-state index contributed by atoms with van der Waals surface area (Å²) in [6, 6.07) is 9.01. The molecule has 1 aromatic heterocycles. The molecule has 0 fully saturated rings. The summed E-state index contributed by atoms with van der Waals surface area (Å²) in [4.78, 5) is 28.1. The number of hydrogen-bond donors (Lipinski definition) is 1. The maximum atomic E-state index is 13.4. The minimum absolute atomic E-state index is 0.185. The number of ether oxygens (including phenoxy) is 2. The van der Waals surface area contributed by atoms with E-state index in [1.165, 1.54) is 23.1 Å². The van der Waals surface area contributed by atoms with E-state index in [0.717, 1.165) is 36.1 Å². The Kier molecular flexibility index (Phi) is 8.41. The monoisotopic (exact) mass is 457 g/mol. The van der Waals surface area contributed by atoms with Crippen LogP contribution in [-0.4, -0.2) is 35.6 Å². The van der Waals surface area contributed by atoms with Gasteiger partial charge in [-0.05, 0) is 43.9 Å². The zero-order valence-corrected chi connectivity index (χ0v) is 20.0. The molecule has 172 valence electrons. The first-order chi connectivity index (χ1) is 15.5. The van der Waals surface area contributed by atoms with E-state index < -0.39 is 6.04 Å². The maximum absolute atomic E-state index is 13.4. The van der Waals surface area contributed by atoms with Gasteiger partial charge < -0.3 is 9.47 Å². The topological polar surface area (TPSA) is 80.2 Å². The van der Waals surface area contributed by atoms with Crippen molar-refractivity contribution in [3.05, 3.63) is 46.3 Å². The zero-order valence-electron chi connectivity index (χ0n) is 19.1. The van der Waals surface area contributed by atoms with Crippen LogP contribution in [0.2, 0.25) is 0 Å². The van der Waals surface area contributed by atoms with Crippen LogP contribution in [-0.2, 0) is 22.6 Å². The van der Waals surface area contributed by atoms with E-state index in [-0.39, 0.29) is 11.9 Å². The summed E-state index contributed by atoms with van der Waals surface area (Å²) in [7, 11) is 0. The highest BCUT2D eigenvalue weighted by atomic mass is 32.1. The number of hydrogen-bond acceptors (Lipinski definition) is 7. The lowest BCUT2D eigenvalue weighted by Gasteiger charge is -2.34. The predicted molar refractivity (Wildman–Crippen MR) is 126 cm³/mol. The number of nitrogens with one attached hydrogen (secondary N) is 1. The van der Waals surface area contributed by atoms with Crippen molar-refractivity contribution in [3.63, 3.8) is 0 Å². The molecule has 1 atom stereocenters. The summed E-state index contributed by atoms with van der Waals surface area (Å²) in [6.07, 6.45) is 2.36. The van der Waals surface area contributed by atoms with Crippen molar-refractivity contribution < 1.29 is 19.1 Å². The molecule has 8 heteroatoms. The maximum Gasteiger partial charge on any atom is 0.308 e. The van der Waals surface area contributed by atoms with Gasteiger partial charge in [-0.1, -0.05) is 32.0 Å². The number of esters is 1. The second-order valence-corrected chi connectivity index (χ2v) is 8.66. The molecule has 0 radical (unpaired) electrons. The molecule has 1 N–H and O–H groups in total. The van der Waals surface area contributed by atoms with Crippen molar-refractivity contribution >= 4 is 28.9 Å². The van der Waals surface area contributed by atoms with Crippen molar-refractivity contribution in [1.29, 1.82) is 0 Å². The van der Waals surface area contributed by atoms with E-state index in [9.17, 15) is 9.59 Å². The van der Waals surface area contributed by atoms with Gasteiger partial charge in [-0.2, -0.15) is 5.10 Å². The number of amides is 1. The molecular weight excluding hydrogens is 426 g/mol. The lowest BCUT2D eigenvalue weighted by molar-refractivity contribution is -0.131. The van der Waals surface area contributed by atoms with Crippen LogP contribution in [0.1, 0.15) is 62.6 Å². The Balaban J connectivity index is 1.92. The normalized spacial score (nSPS) is 14.2. The number of carbonyl (C=O) groups is 2. The number of fused-ring (bicyclic) bond motifs is 1. The summed E-state index contributed by atoms with van der Waals surface area (Å²) in [5, 5.41) is 4.95. The van der Waals surface area contributed by atoms with Crippen LogP contribution >= 0.6 is 11.3 Å². The molecule has 7 nitrogen and oxygen atoms in total. The fraction of sp³-hybridized carbons (Fsp3) is 0.458. The third kappa shape index (κ3) is 5.75. The fourth-order valence-corrected chi connectivity index (χ4v) is 4.89. The third-order valence-corrected chi connectivity index (χ3v) is 6.50. The summed E-state index contributed by atoms with van der Waals surface area (Å²) in [5.41, 5.74) is 5.63. The molecule has 1 aromatic carbocycles. The second kappa shape index (κ2) is 11.2. The molecule has 1 aliphatic rings. The third-order valence-electron chi connectivity index (χ3n) is 5.39. The molecule has 0 bridgehead atoms. The van der Waals surface area contributed by atoms with Crippen molar-refractivity contribution in [1.82, 2.24) is 10.3 Å². The molecule has 3 rings (SSSR count).